The molecule has 0 spiro atoms. The molecule has 0 saturated carbocycles. The Kier molecular flexibility index (Phi) is 7.45. The normalized spacial score (nSPS) is 17.1. The fourth-order valence-corrected chi connectivity index (χ4v) is 5.90. The molecule has 34 heavy (non-hydrogen) atoms. The summed E-state index contributed by atoms with van der Waals surface area (Å²) < 4.78 is 32.9. The zero-order valence-electron chi connectivity index (χ0n) is 20.2. The highest BCUT2D eigenvalue weighted by Gasteiger charge is 2.26. The van der Waals surface area contributed by atoms with Crippen LogP contribution in [0.4, 0.5) is 5.69 Å². The molecule has 9 heteroatoms. The van der Waals surface area contributed by atoms with Crippen LogP contribution in [-0.4, -0.2) is 81.2 Å². The molecular weight excluding hydrogens is 452 g/mol. The van der Waals surface area contributed by atoms with Crippen LogP contribution in [0.3, 0.4) is 0 Å². The van der Waals surface area contributed by atoms with E-state index in [0.29, 0.717) is 18.8 Å². The van der Waals surface area contributed by atoms with E-state index in [2.05, 4.69) is 23.1 Å². The van der Waals surface area contributed by atoms with Gasteiger partial charge in [-0.05, 0) is 35.7 Å². The Morgan fingerprint density at radius 1 is 1.03 bits per heavy atom. The minimum absolute atomic E-state index is 0.00710. The number of hydrogen-bond acceptors (Lipinski definition) is 6. The largest absolute Gasteiger partial charge is 0.496 e. The first kappa shape index (κ1) is 24.5. The summed E-state index contributed by atoms with van der Waals surface area (Å²) in [6, 6.07) is 14.0. The molecule has 0 radical (unpaired) electrons. The number of methoxy groups -OCH3 is 1. The molecule has 1 fully saturated rings. The van der Waals surface area contributed by atoms with Gasteiger partial charge in [0.2, 0.25) is 15.9 Å². The number of carbonyl (C=O) groups is 1. The zero-order valence-corrected chi connectivity index (χ0v) is 21.1. The summed E-state index contributed by atoms with van der Waals surface area (Å²) in [5.41, 5.74) is 4.48. The smallest absolute Gasteiger partial charge is 0.227 e. The van der Waals surface area contributed by atoms with Crippen molar-refractivity contribution < 1.29 is 17.9 Å². The van der Waals surface area contributed by atoms with E-state index >= 15 is 0 Å². The van der Waals surface area contributed by atoms with Crippen molar-refractivity contribution in [3.8, 4) is 5.75 Å². The van der Waals surface area contributed by atoms with Crippen molar-refractivity contribution >= 4 is 21.6 Å². The van der Waals surface area contributed by atoms with E-state index in [1.54, 1.807) is 21.1 Å². The number of benzene rings is 2. The van der Waals surface area contributed by atoms with Gasteiger partial charge in [-0.1, -0.05) is 24.3 Å². The number of sulfonamides is 1. The van der Waals surface area contributed by atoms with Gasteiger partial charge in [-0.15, -0.1) is 0 Å². The van der Waals surface area contributed by atoms with E-state index < -0.39 is 10.0 Å². The fraction of sp³-hybridized carbons (Fsp3) is 0.480. The predicted octanol–water partition coefficient (Wildman–Crippen LogP) is 2.14. The Hall–Kier alpha value is -2.62. The molecule has 0 bridgehead atoms. The van der Waals surface area contributed by atoms with Gasteiger partial charge in [-0.2, -0.15) is 4.31 Å². The number of amides is 1. The van der Waals surface area contributed by atoms with Crippen molar-refractivity contribution in [3.05, 3.63) is 59.2 Å². The van der Waals surface area contributed by atoms with Crippen LogP contribution < -0.4 is 9.64 Å². The van der Waals surface area contributed by atoms with E-state index in [1.165, 1.54) is 21.1 Å². The third-order valence-corrected chi connectivity index (χ3v) is 8.55. The standard InChI is InChI=1S/C25H34N4O4S/c1-20(30)28-12-14-29(15-13-28)24-9-8-22-18-27(11-10-21(22)16-24)19-34(31,32)26(2)17-23-6-4-5-7-25(23)33-3/h4-9,16H,10-15,17-19H2,1-3H3. The van der Waals surface area contributed by atoms with E-state index in [1.807, 2.05) is 34.1 Å². The van der Waals surface area contributed by atoms with E-state index in [4.69, 9.17) is 4.74 Å². The topological polar surface area (TPSA) is 73.4 Å². The van der Waals surface area contributed by atoms with Crippen molar-refractivity contribution in [1.29, 1.82) is 0 Å². The Morgan fingerprint density at radius 2 is 1.76 bits per heavy atom. The molecule has 0 aromatic heterocycles. The van der Waals surface area contributed by atoms with Crippen molar-refractivity contribution in [2.24, 2.45) is 0 Å². The fourth-order valence-electron chi connectivity index (χ4n) is 4.69. The van der Waals surface area contributed by atoms with Crippen LogP contribution >= 0.6 is 0 Å². The molecule has 2 heterocycles. The first-order valence-corrected chi connectivity index (χ1v) is 13.3. The number of anilines is 1. The molecule has 1 amide bonds. The van der Waals surface area contributed by atoms with Gasteiger partial charge < -0.3 is 14.5 Å². The molecule has 0 aliphatic carbocycles. The lowest BCUT2D eigenvalue weighted by atomic mass is 9.99. The Bertz CT molecular complexity index is 1130. The average molecular weight is 487 g/mol. The van der Waals surface area contributed by atoms with Crippen molar-refractivity contribution in [2.45, 2.75) is 26.4 Å². The van der Waals surface area contributed by atoms with Gasteiger partial charge in [0.05, 0.1) is 7.11 Å². The summed E-state index contributed by atoms with van der Waals surface area (Å²) >= 11 is 0. The summed E-state index contributed by atoms with van der Waals surface area (Å²) in [5.74, 6) is 0.816. The number of nitrogens with zero attached hydrogens (tertiary/aromatic N) is 4. The number of rotatable bonds is 7. The predicted molar refractivity (Wildman–Crippen MR) is 133 cm³/mol. The molecule has 2 aliphatic rings. The highest BCUT2D eigenvalue weighted by Crippen LogP contribution is 2.27. The lowest BCUT2D eigenvalue weighted by Gasteiger charge is -2.36. The lowest BCUT2D eigenvalue weighted by molar-refractivity contribution is -0.129. The van der Waals surface area contributed by atoms with Crippen LogP contribution in [0, 0.1) is 0 Å². The number of fused-ring (bicyclic) bond motifs is 1. The van der Waals surface area contributed by atoms with E-state index in [9.17, 15) is 13.2 Å². The Morgan fingerprint density at radius 3 is 2.47 bits per heavy atom. The van der Waals surface area contributed by atoms with Crippen molar-refractivity contribution in [1.82, 2.24) is 14.1 Å². The number of ether oxygens (including phenoxy) is 1. The van der Waals surface area contributed by atoms with Crippen LogP contribution in [0.5, 0.6) is 5.75 Å². The highest BCUT2D eigenvalue weighted by atomic mass is 32.2. The van der Waals surface area contributed by atoms with Gasteiger partial charge in [0, 0.05) is 71.0 Å². The molecule has 0 atom stereocenters. The van der Waals surface area contributed by atoms with Crippen LogP contribution in [0.15, 0.2) is 42.5 Å². The molecule has 2 aliphatic heterocycles. The summed E-state index contributed by atoms with van der Waals surface area (Å²) in [5, 5.41) is 0. The Labute approximate surface area is 202 Å². The van der Waals surface area contributed by atoms with Crippen LogP contribution in [0.25, 0.3) is 0 Å². The zero-order chi connectivity index (χ0) is 24.3. The summed E-state index contributed by atoms with van der Waals surface area (Å²) in [7, 11) is -0.244. The van der Waals surface area contributed by atoms with Gasteiger partial charge in [0.25, 0.3) is 0 Å². The van der Waals surface area contributed by atoms with Crippen LogP contribution in [0.2, 0.25) is 0 Å². The third kappa shape index (κ3) is 5.54. The SMILES string of the molecule is COc1ccccc1CN(C)S(=O)(=O)CN1CCc2cc(N3CCN(C(C)=O)CC3)ccc2C1. The summed E-state index contributed by atoms with van der Waals surface area (Å²) in [4.78, 5) is 17.8. The van der Waals surface area contributed by atoms with Gasteiger partial charge in [0.1, 0.15) is 11.6 Å². The highest BCUT2D eigenvalue weighted by molar-refractivity contribution is 7.88. The monoisotopic (exact) mass is 486 g/mol. The number of carbonyl (C=O) groups excluding carboxylic acids is 1. The van der Waals surface area contributed by atoms with Gasteiger partial charge in [-0.3, -0.25) is 9.69 Å². The molecule has 8 nitrogen and oxygen atoms in total. The minimum Gasteiger partial charge on any atom is -0.496 e. The van der Waals surface area contributed by atoms with E-state index in [0.717, 1.165) is 38.2 Å². The molecule has 2 aromatic carbocycles. The van der Waals surface area contributed by atoms with E-state index in [-0.39, 0.29) is 18.3 Å². The molecule has 2 aromatic rings. The average Bonchev–Trinajstić information content (AvgIpc) is 2.83. The summed E-state index contributed by atoms with van der Waals surface area (Å²) in [6.07, 6.45) is 0.822. The quantitative estimate of drug-likeness (QED) is 0.597. The third-order valence-electron chi connectivity index (χ3n) is 6.78. The van der Waals surface area contributed by atoms with Gasteiger partial charge >= 0.3 is 0 Å². The van der Waals surface area contributed by atoms with Crippen molar-refractivity contribution in [3.63, 3.8) is 0 Å². The molecule has 4 rings (SSSR count). The number of hydrogen-bond donors (Lipinski definition) is 0. The molecular formula is C25H34N4O4S. The van der Waals surface area contributed by atoms with Crippen LogP contribution in [0.1, 0.15) is 23.6 Å². The maximum Gasteiger partial charge on any atom is 0.227 e. The second-order valence-electron chi connectivity index (χ2n) is 9.06. The Balaban J connectivity index is 1.37. The van der Waals surface area contributed by atoms with Gasteiger partial charge in [0.15, 0.2) is 0 Å². The molecule has 184 valence electrons. The first-order valence-electron chi connectivity index (χ1n) is 11.7. The maximum absolute atomic E-state index is 13.1. The summed E-state index contributed by atoms with van der Waals surface area (Å²) in [6.45, 7) is 6.39. The van der Waals surface area contributed by atoms with Gasteiger partial charge in [-0.25, -0.2) is 8.42 Å². The number of piperazine rings is 1. The van der Waals surface area contributed by atoms with Crippen molar-refractivity contribution in [2.75, 3.05) is 57.7 Å². The minimum atomic E-state index is -3.46. The molecule has 0 unspecified atom stereocenters. The second kappa shape index (κ2) is 10.3. The van der Waals surface area contributed by atoms with Crippen LogP contribution in [-0.2, 0) is 34.3 Å². The maximum atomic E-state index is 13.1. The number of para-hydroxylation sites is 1. The molecule has 1 saturated heterocycles. The lowest BCUT2D eigenvalue weighted by Crippen LogP contribution is -2.48. The first-order chi connectivity index (χ1) is 16.3. The second-order valence-corrected chi connectivity index (χ2v) is 11.1. The molecule has 0 N–H and O–H groups in total.